The Labute approximate surface area is 111 Å². The molecule has 1 aromatic carbocycles. The summed E-state index contributed by atoms with van der Waals surface area (Å²) in [6.45, 7) is 1.99. The van der Waals surface area contributed by atoms with E-state index in [0.29, 0.717) is 16.3 Å². The van der Waals surface area contributed by atoms with E-state index in [1.54, 1.807) is 30.0 Å². The van der Waals surface area contributed by atoms with Gasteiger partial charge in [-0.1, -0.05) is 11.6 Å². The van der Waals surface area contributed by atoms with Crippen molar-refractivity contribution < 1.29 is 4.79 Å². The molecule has 0 bridgehead atoms. The van der Waals surface area contributed by atoms with Crippen molar-refractivity contribution in [3.63, 3.8) is 0 Å². The van der Waals surface area contributed by atoms with Gasteiger partial charge in [0.25, 0.3) is 5.91 Å². The van der Waals surface area contributed by atoms with Crippen molar-refractivity contribution in [3.8, 4) is 0 Å². The van der Waals surface area contributed by atoms with Crippen LogP contribution in [0, 0.1) is 0 Å². The molecule has 1 rings (SSSR count). The molecule has 0 saturated heterocycles. The Bertz CT molecular complexity index is 398. The quantitative estimate of drug-likeness (QED) is 0.811. The highest BCUT2D eigenvalue weighted by Gasteiger charge is 2.10. The number of halogens is 1. The van der Waals surface area contributed by atoms with Crippen molar-refractivity contribution in [1.82, 2.24) is 5.32 Å². The molecule has 1 unspecified atom stereocenters. The number of nitrogens with two attached hydrogens (primary N) is 1. The zero-order valence-electron chi connectivity index (χ0n) is 10.00. The Balaban J connectivity index is 2.60. The van der Waals surface area contributed by atoms with E-state index in [4.69, 9.17) is 17.3 Å². The predicted octanol–water partition coefficient (Wildman–Crippen LogP) is 2.79. The first-order chi connectivity index (χ1) is 8.04. The molecule has 0 fully saturated rings. The summed E-state index contributed by atoms with van der Waals surface area (Å²) in [6.07, 6.45) is 3.00. The second-order valence-corrected chi connectivity index (χ2v) is 5.29. The maximum absolute atomic E-state index is 11.9. The molecule has 3 nitrogen and oxygen atoms in total. The lowest BCUT2D eigenvalue weighted by molar-refractivity contribution is 0.0939. The number of carbonyl (C=O) groups excluding carboxylic acids is 1. The maximum Gasteiger partial charge on any atom is 0.251 e. The Morgan fingerprint density at radius 1 is 1.59 bits per heavy atom. The van der Waals surface area contributed by atoms with E-state index in [0.717, 1.165) is 12.2 Å². The summed E-state index contributed by atoms with van der Waals surface area (Å²) in [5.41, 5.74) is 6.62. The van der Waals surface area contributed by atoms with Crippen LogP contribution in [0.4, 0.5) is 5.69 Å². The summed E-state index contributed by atoms with van der Waals surface area (Å²) in [6, 6.07) is 5.07. The van der Waals surface area contributed by atoms with Crippen LogP contribution in [0.3, 0.4) is 0 Å². The average Bonchev–Trinajstić information content (AvgIpc) is 2.30. The number of anilines is 1. The van der Waals surface area contributed by atoms with Crippen molar-refractivity contribution in [2.45, 2.75) is 19.4 Å². The number of amides is 1. The van der Waals surface area contributed by atoms with Gasteiger partial charge in [-0.05, 0) is 43.6 Å². The van der Waals surface area contributed by atoms with Crippen LogP contribution in [0.1, 0.15) is 23.7 Å². The standard InChI is InChI=1S/C12H17ClN2OS/c1-8(5-6-17-2)15-12(16)9-3-4-11(14)10(13)7-9/h3-4,7-8H,5-6,14H2,1-2H3,(H,15,16). The highest BCUT2D eigenvalue weighted by molar-refractivity contribution is 7.98. The minimum Gasteiger partial charge on any atom is -0.398 e. The van der Waals surface area contributed by atoms with Crippen LogP contribution in [0.5, 0.6) is 0 Å². The molecule has 5 heteroatoms. The molecule has 0 aliphatic heterocycles. The van der Waals surface area contributed by atoms with Gasteiger partial charge >= 0.3 is 0 Å². The van der Waals surface area contributed by atoms with Gasteiger partial charge < -0.3 is 11.1 Å². The number of hydrogen-bond acceptors (Lipinski definition) is 3. The van der Waals surface area contributed by atoms with Crippen LogP contribution in [0.25, 0.3) is 0 Å². The number of thioether (sulfide) groups is 1. The molecule has 1 aromatic rings. The number of benzene rings is 1. The van der Waals surface area contributed by atoms with Gasteiger partial charge in [0.05, 0.1) is 10.7 Å². The zero-order chi connectivity index (χ0) is 12.8. The second-order valence-electron chi connectivity index (χ2n) is 3.89. The van der Waals surface area contributed by atoms with E-state index in [-0.39, 0.29) is 11.9 Å². The molecule has 0 radical (unpaired) electrons. The second kappa shape index (κ2) is 6.77. The van der Waals surface area contributed by atoms with Gasteiger partial charge in [-0.15, -0.1) is 0 Å². The summed E-state index contributed by atoms with van der Waals surface area (Å²) in [5.74, 6) is 0.921. The Hall–Kier alpha value is -0.870. The first-order valence-corrected chi connectivity index (χ1v) is 7.16. The lowest BCUT2D eigenvalue weighted by Crippen LogP contribution is -2.32. The number of carbonyl (C=O) groups is 1. The largest absolute Gasteiger partial charge is 0.398 e. The molecule has 0 spiro atoms. The fourth-order valence-corrected chi connectivity index (χ4v) is 2.11. The minimum atomic E-state index is -0.111. The normalized spacial score (nSPS) is 12.2. The van der Waals surface area contributed by atoms with Crippen LogP contribution in [0.15, 0.2) is 18.2 Å². The molecule has 0 aliphatic rings. The van der Waals surface area contributed by atoms with E-state index < -0.39 is 0 Å². The Kier molecular flexibility index (Phi) is 5.65. The first-order valence-electron chi connectivity index (χ1n) is 5.39. The van der Waals surface area contributed by atoms with Gasteiger partial charge in [0.1, 0.15) is 0 Å². The van der Waals surface area contributed by atoms with E-state index in [1.807, 2.05) is 13.2 Å². The Morgan fingerprint density at radius 3 is 2.88 bits per heavy atom. The van der Waals surface area contributed by atoms with Crippen LogP contribution >= 0.6 is 23.4 Å². The number of rotatable bonds is 5. The molecule has 0 saturated carbocycles. The fourth-order valence-electron chi connectivity index (χ4n) is 1.34. The van der Waals surface area contributed by atoms with Crippen molar-refractivity contribution in [1.29, 1.82) is 0 Å². The lowest BCUT2D eigenvalue weighted by Gasteiger charge is -2.13. The van der Waals surface area contributed by atoms with Crippen molar-refractivity contribution in [2.75, 3.05) is 17.7 Å². The van der Waals surface area contributed by atoms with Crippen LogP contribution in [-0.4, -0.2) is 24.0 Å². The molecule has 0 aromatic heterocycles. The fraction of sp³-hybridized carbons (Fsp3) is 0.417. The van der Waals surface area contributed by atoms with E-state index in [2.05, 4.69) is 5.32 Å². The number of nitrogen functional groups attached to an aromatic ring is 1. The molecule has 0 heterocycles. The topological polar surface area (TPSA) is 55.1 Å². The smallest absolute Gasteiger partial charge is 0.251 e. The maximum atomic E-state index is 11.9. The van der Waals surface area contributed by atoms with Crippen LogP contribution < -0.4 is 11.1 Å². The van der Waals surface area contributed by atoms with E-state index in [9.17, 15) is 4.79 Å². The first kappa shape index (κ1) is 14.2. The third-order valence-corrected chi connectivity index (χ3v) is 3.37. The van der Waals surface area contributed by atoms with Gasteiger partial charge in [0.2, 0.25) is 0 Å². The highest BCUT2D eigenvalue weighted by atomic mass is 35.5. The third-order valence-electron chi connectivity index (χ3n) is 2.40. The molecular weight excluding hydrogens is 256 g/mol. The molecule has 1 amide bonds. The number of hydrogen-bond donors (Lipinski definition) is 2. The minimum absolute atomic E-state index is 0.111. The Morgan fingerprint density at radius 2 is 2.29 bits per heavy atom. The SMILES string of the molecule is CSCCC(C)NC(=O)c1ccc(N)c(Cl)c1. The van der Waals surface area contributed by atoms with Gasteiger partial charge in [-0.2, -0.15) is 11.8 Å². The molecule has 0 aliphatic carbocycles. The summed E-state index contributed by atoms with van der Waals surface area (Å²) >= 11 is 7.64. The summed E-state index contributed by atoms with van der Waals surface area (Å²) < 4.78 is 0. The van der Waals surface area contributed by atoms with E-state index in [1.165, 1.54) is 0 Å². The zero-order valence-corrected chi connectivity index (χ0v) is 11.6. The van der Waals surface area contributed by atoms with Crippen LogP contribution in [0.2, 0.25) is 5.02 Å². The van der Waals surface area contributed by atoms with Gasteiger partial charge in [-0.3, -0.25) is 4.79 Å². The predicted molar refractivity (Wildman–Crippen MR) is 75.8 cm³/mol. The molecular formula is C12H17ClN2OS. The van der Waals surface area contributed by atoms with Gasteiger partial charge in [0.15, 0.2) is 0 Å². The molecule has 94 valence electrons. The highest BCUT2D eigenvalue weighted by Crippen LogP contribution is 2.19. The summed E-state index contributed by atoms with van der Waals surface area (Å²) in [7, 11) is 0. The van der Waals surface area contributed by atoms with Crippen molar-refractivity contribution >= 4 is 35.0 Å². The summed E-state index contributed by atoms with van der Waals surface area (Å²) in [5, 5.41) is 3.34. The van der Waals surface area contributed by atoms with Crippen molar-refractivity contribution in [2.24, 2.45) is 0 Å². The monoisotopic (exact) mass is 272 g/mol. The number of nitrogens with one attached hydrogen (secondary N) is 1. The van der Waals surface area contributed by atoms with Crippen LogP contribution in [-0.2, 0) is 0 Å². The van der Waals surface area contributed by atoms with Gasteiger partial charge in [-0.25, -0.2) is 0 Å². The van der Waals surface area contributed by atoms with Gasteiger partial charge in [0, 0.05) is 11.6 Å². The average molecular weight is 273 g/mol. The lowest BCUT2D eigenvalue weighted by atomic mass is 10.1. The third kappa shape index (κ3) is 4.48. The summed E-state index contributed by atoms with van der Waals surface area (Å²) in [4.78, 5) is 11.9. The molecule has 17 heavy (non-hydrogen) atoms. The van der Waals surface area contributed by atoms with E-state index >= 15 is 0 Å². The molecule has 1 atom stereocenters. The molecule has 3 N–H and O–H groups in total. The van der Waals surface area contributed by atoms with Crippen molar-refractivity contribution in [3.05, 3.63) is 28.8 Å².